The van der Waals surface area contributed by atoms with Gasteiger partial charge in [0.2, 0.25) is 0 Å². The number of fused-ring (bicyclic) bond motifs is 1. The molecule has 4 heteroatoms. The minimum atomic E-state index is -0.0682. The second kappa shape index (κ2) is 6.28. The lowest BCUT2D eigenvalue weighted by atomic mass is 10.0. The number of hydrogen-bond acceptors (Lipinski definition) is 2. The maximum absolute atomic E-state index is 12.1. The summed E-state index contributed by atoms with van der Waals surface area (Å²) in [6, 6.07) is 14.7. The van der Waals surface area contributed by atoms with E-state index in [1.54, 1.807) is 0 Å². The maximum atomic E-state index is 12.1. The van der Waals surface area contributed by atoms with Crippen LogP contribution in [0.15, 0.2) is 47.3 Å². The van der Waals surface area contributed by atoms with Crippen molar-refractivity contribution in [3.63, 3.8) is 0 Å². The third-order valence-electron chi connectivity index (χ3n) is 3.82. The first-order valence-electron chi connectivity index (χ1n) is 7.49. The molecule has 112 valence electrons. The topological polar surface area (TPSA) is 48.6 Å². The molecule has 0 aliphatic rings. The zero-order valence-corrected chi connectivity index (χ0v) is 13.3. The van der Waals surface area contributed by atoms with Crippen LogP contribution >= 0.6 is 12.2 Å². The van der Waals surface area contributed by atoms with Gasteiger partial charge in [-0.2, -0.15) is 0 Å². The first-order valence-corrected chi connectivity index (χ1v) is 7.90. The van der Waals surface area contributed by atoms with Gasteiger partial charge in [-0.05, 0) is 35.0 Å². The van der Waals surface area contributed by atoms with Crippen LogP contribution in [0.5, 0.6) is 0 Å². The van der Waals surface area contributed by atoms with Crippen molar-refractivity contribution in [2.24, 2.45) is 0 Å². The molecule has 2 aromatic carbocycles. The van der Waals surface area contributed by atoms with Gasteiger partial charge >= 0.3 is 0 Å². The average molecular weight is 310 g/mol. The van der Waals surface area contributed by atoms with Crippen LogP contribution in [-0.2, 0) is 12.8 Å². The predicted octanol–water partition coefficient (Wildman–Crippen LogP) is 4.13. The summed E-state index contributed by atoms with van der Waals surface area (Å²) >= 11 is 5.11. The van der Waals surface area contributed by atoms with E-state index in [-0.39, 0.29) is 5.56 Å². The van der Waals surface area contributed by atoms with Crippen LogP contribution in [0.25, 0.3) is 10.8 Å². The summed E-state index contributed by atoms with van der Waals surface area (Å²) in [4.78, 5) is 18.0. The Morgan fingerprint density at radius 1 is 1.05 bits per heavy atom. The quantitative estimate of drug-likeness (QED) is 0.712. The van der Waals surface area contributed by atoms with Gasteiger partial charge in [-0.15, -0.1) is 0 Å². The van der Waals surface area contributed by atoms with Gasteiger partial charge in [-0.1, -0.05) is 55.8 Å². The summed E-state index contributed by atoms with van der Waals surface area (Å²) in [5.74, 6) is 0. The fourth-order valence-electron chi connectivity index (χ4n) is 2.78. The summed E-state index contributed by atoms with van der Waals surface area (Å²) in [5.41, 5.74) is 2.84. The zero-order chi connectivity index (χ0) is 15.5. The number of hydrogen-bond donors (Lipinski definition) is 2. The Morgan fingerprint density at radius 2 is 1.82 bits per heavy atom. The molecule has 0 aliphatic heterocycles. The van der Waals surface area contributed by atoms with E-state index in [1.165, 1.54) is 16.3 Å². The van der Waals surface area contributed by atoms with Gasteiger partial charge < -0.3 is 4.98 Å². The Hall–Kier alpha value is -2.20. The van der Waals surface area contributed by atoms with E-state index in [0.717, 1.165) is 24.1 Å². The SMILES string of the molecule is CCCc1c(Cc2ccc3ccccc3c2)[nH]c(=S)[nH]c1=O. The molecule has 3 nitrogen and oxygen atoms in total. The van der Waals surface area contributed by atoms with Crippen molar-refractivity contribution in [3.8, 4) is 0 Å². The molecule has 0 saturated heterocycles. The highest BCUT2D eigenvalue weighted by molar-refractivity contribution is 7.71. The summed E-state index contributed by atoms with van der Waals surface area (Å²) in [6.45, 7) is 2.07. The Labute approximate surface area is 134 Å². The Bertz CT molecular complexity index is 924. The number of rotatable bonds is 4. The van der Waals surface area contributed by atoms with Gasteiger partial charge in [-0.25, -0.2) is 0 Å². The lowest BCUT2D eigenvalue weighted by Gasteiger charge is -2.09. The van der Waals surface area contributed by atoms with Gasteiger partial charge in [0.15, 0.2) is 4.77 Å². The van der Waals surface area contributed by atoms with Gasteiger partial charge in [-0.3, -0.25) is 9.78 Å². The molecule has 3 aromatic rings. The minimum Gasteiger partial charge on any atom is -0.335 e. The Balaban J connectivity index is 2.04. The first kappa shape index (κ1) is 14.7. The summed E-state index contributed by atoms with van der Waals surface area (Å²) < 4.78 is 0.389. The molecule has 0 bridgehead atoms. The van der Waals surface area contributed by atoms with Crippen LogP contribution in [0, 0.1) is 4.77 Å². The third-order valence-corrected chi connectivity index (χ3v) is 4.03. The van der Waals surface area contributed by atoms with Crippen molar-refractivity contribution in [2.45, 2.75) is 26.2 Å². The summed E-state index contributed by atoms with van der Waals surface area (Å²) in [7, 11) is 0. The lowest BCUT2D eigenvalue weighted by molar-refractivity contribution is 0.844. The van der Waals surface area contributed by atoms with E-state index in [2.05, 4.69) is 47.2 Å². The highest BCUT2D eigenvalue weighted by Crippen LogP contribution is 2.18. The highest BCUT2D eigenvalue weighted by Gasteiger charge is 2.09. The Kier molecular flexibility index (Phi) is 4.20. The zero-order valence-electron chi connectivity index (χ0n) is 12.5. The highest BCUT2D eigenvalue weighted by atomic mass is 32.1. The maximum Gasteiger partial charge on any atom is 0.255 e. The summed E-state index contributed by atoms with van der Waals surface area (Å²) in [6.07, 6.45) is 2.37. The second-order valence-electron chi connectivity index (χ2n) is 5.47. The van der Waals surface area contributed by atoms with Crippen molar-refractivity contribution in [1.29, 1.82) is 0 Å². The minimum absolute atomic E-state index is 0.0682. The van der Waals surface area contributed by atoms with Crippen molar-refractivity contribution in [1.82, 2.24) is 9.97 Å². The van der Waals surface area contributed by atoms with Crippen molar-refractivity contribution in [3.05, 3.63) is 74.4 Å². The number of H-pyrrole nitrogens is 2. The van der Waals surface area contributed by atoms with Crippen LogP contribution in [-0.4, -0.2) is 9.97 Å². The largest absolute Gasteiger partial charge is 0.335 e. The molecule has 0 fully saturated rings. The number of aromatic amines is 2. The first-order chi connectivity index (χ1) is 10.7. The normalized spacial score (nSPS) is 11.0. The molecule has 0 saturated carbocycles. The molecular weight excluding hydrogens is 292 g/mol. The molecular formula is C18H18N2OS. The van der Waals surface area contributed by atoms with E-state index in [0.29, 0.717) is 11.2 Å². The average Bonchev–Trinajstić information content (AvgIpc) is 2.50. The molecule has 0 atom stereocenters. The van der Waals surface area contributed by atoms with E-state index in [1.807, 2.05) is 12.1 Å². The van der Waals surface area contributed by atoms with Gasteiger partial charge in [0, 0.05) is 17.7 Å². The van der Waals surface area contributed by atoms with Gasteiger partial charge in [0.05, 0.1) is 0 Å². The molecule has 0 radical (unpaired) electrons. The third kappa shape index (κ3) is 3.02. The van der Waals surface area contributed by atoms with Crippen LogP contribution < -0.4 is 5.56 Å². The summed E-state index contributed by atoms with van der Waals surface area (Å²) in [5, 5.41) is 2.43. The molecule has 1 aromatic heterocycles. The standard InChI is InChI=1S/C18H18N2OS/c1-2-5-15-16(19-18(22)20-17(15)21)11-12-8-9-13-6-3-4-7-14(13)10-12/h3-4,6-10H,2,5,11H2,1H3,(H2,19,20,21,22). The molecule has 3 rings (SSSR count). The molecule has 2 N–H and O–H groups in total. The molecule has 0 aliphatic carbocycles. The smallest absolute Gasteiger partial charge is 0.255 e. The van der Waals surface area contributed by atoms with E-state index in [4.69, 9.17) is 12.2 Å². The second-order valence-corrected chi connectivity index (χ2v) is 5.88. The molecule has 0 spiro atoms. The fourth-order valence-corrected chi connectivity index (χ4v) is 2.99. The molecule has 0 unspecified atom stereocenters. The lowest BCUT2D eigenvalue weighted by Crippen LogP contribution is -2.18. The van der Waals surface area contributed by atoms with E-state index in [9.17, 15) is 4.79 Å². The molecule has 1 heterocycles. The van der Waals surface area contributed by atoms with Crippen LogP contribution in [0.1, 0.15) is 30.2 Å². The van der Waals surface area contributed by atoms with Crippen molar-refractivity contribution >= 4 is 23.0 Å². The van der Waals surface area contributed by atoms with Crippen LogP contribution in [0.4, 0.5) is 0 Å². The number of aromatic nitrogens is 2. The van der Waals surface area contributed by atoms with E-state index >= 15 is 0 Å². The van der Waals surface area contributed by atoms with E-state index < -0.39 is 0 Å². The van der Waals surface area contributed by atoms with Crippen LogP contribution in [0.2, 0.25) is 0 Å². The molecule has 22 heavy (non-hydrogen) atoms. The fraction of sp³-hybridized carbons (Fsp3) is 0.222. The monoisotopic (exact) mass is 310 g/mol. The number of nitrogens with one attached hydrogen (secondary N) is 2. The van der Waals surface area contributed by atoms with Gasteiger partial charge in [0.25, 0.3) is 5.56 Å². The van der Waals surface area contributed by atoms with Crippen molar-refractivity contribution in [2.75, 3.05) is 0 Å². The van der Waals surface area contributed by atoms with Crippen LogP contribution in [0.3, 0.4) is 0 Å². The van der Waals surface area contributed by atoms with Crippen molar-refractivity contribution < 1.29 is 0 Å². The Morgan fingerprint density at radius 3 is 2.59 bits per heavy atom. The number of benzene rings is 2. The predicted molar refractivity (Wildman–Crippen MR) is 93.0 cm³/mol. The molecule has 0 amide bonds. The van der Waals surface area contributed by atoms with Gasteiger partial charge in [0.1, 0.15) is 0 Å².